The Morgan fingerprint density at radius 3 is 2.71 bits per heavy atom. The van der Waals surface area contributed by atoms with Crippen LogP contribution in [0.5, 0.6) is 5.88 Å². The Morgan fingerprint density at radius 1 is 1.25 bits per heavy atom. The standard InChI is InChI=1S/C21H29N5O2/c1-28-21-18(13-22)19(6-9-23-21)25-11-7-17(8-12-25)26-10-2-3-15(14-26)20(27)24-16-4-5-16/h6,9,15-17H,2-5,7-8,10-12,14H2,1H3,(H,24,27)/t15-/m0/s1. The molecule has 1 amide bonds. The van der Waals surface area contributed by atoms with E-state index in [0.717, 1.165) is 70.4 Å². The molecule has 3 aliphatic rings. The topological polar surface area (TPSA) is 81.5 Å². The molecule has 0 spiro atoms. The zero-order valence-corrected chi connectivity index (χ0v) is 16.6. The summed E-state index contributed by atoms with van der Waals surface area (Å²) >= 11 is 0. The van der Waals surface area contributed by atoms with Gasteiger partial charge in [-0.05, 0) is 51.1 Å². The van der Waals surface area contributed by atoms with Crippen LogP contribution < -0.4 is 15.0 Å². The highest BCUT2D eigenvalue weighted by atomic mass is 16.5. The molecule has 0 bridgehead atoms. The molecule has 0 unspecified atom stereocenters. The number of hydrogen-bond donors (Lipinski definition) is 1. The Hall–Kier alpha value is -2.33. The number of nitriles is 1. The predicted octanol–water partition coefficient (Wildman–Crippen LogP) is 1.92. The molecule has 1 N–H and O–H groups in total. The lowest BCUT2D eigenvalue weighted by atomic mass is 9.93. The third kappa shape index (κ3) is 4.07. The number of aromatic nitrogens is 1. The number of hydrogen-bond acceptors (Lipinski definition) is 6. The lowest BCUT2D eigenvalue weighted by molar-refractivity contribution is -0.127. The second-order valence-electron chi connectivity index (χ2n) is 8.16. The summed E-state index contributed by atoms with van der Waals surface area (Å²) in [6.07, 6.45) is 8.20. The van der Waals surface area contributed by atoms with Crippen LogP contribution in [0.3, 0.4) is 0 Å². The van der Waals surface area contributed by atoms with Crippen molar-refractivity contribution in [3.63, 3.8) is 0 Å². The summed E-state index contributed by atoms with van der Waals surface area (Å²) in [6.45, 7) is 3.78. The number of carbonyl (C=O) groups excluding carboxylic acids is 1. The number of carbonyl (C=O) groups is 1. The van der Waals surface area contributed by atoms with E-state index in [-0.39, 0.29) is 11.8 Å². The van der Waals surface area contributed by atoms with Crippen molar-refractivity contribution in [1.82, 2.24) is 15.2 Å². The van der Waals surface area contributed by atoms with E-state index >= 15 is 0 Å². The molecule has 1 saturated carbocycles. The smallest absolute Gasteiger partial charge is 0.233 e. The number of ether oxygens (including phenoxy) is 1. The minimum Gasteiger partial charge on any atom is -0.480 e. The van der Waals surface area contributed by atoms with E-state index < -0.39 is 0 Å². The molecule has 2 aliphatic heterocycles. The summed E-state index contributed by atoms with van der Waals surface area (Å²) in [7, 11) is 1.55. The van der Waals surface area contributed by atoms with E-state index in [0.29, 0.717) is 23.5 Å². The van der Waals surface area contributed by atoms with Crippen molar-refractivity contribution >= 4 is 11.6 Å². The minimum absolute atomic E-state index is 0.141. The molecule has 2 saturated heterocycles. The van der Waals surface area contributed by atoms with Gasteiger partial charge in [0.05, 0.1) is 18.7 Å². The third-order valence-corrected chi connectivity index (χ3v) is 6.27. The van der Waals surface area contributed by atoms with Crippen molar-refractivity contribution in [2.75, 3.05) is 38.2 Å². The van der Waals surface area contributed by atoms with Gasteiger partial charge in [0.1, 0.15) is 11.6 Å². The van der Waals surface area contributed by atoms with Crippen LogP contribution in [0.15, 0.2) is 12.3 Å². The molecule has 3 fully saturated rings. The van der Waals surface area contributed by atoms with Crippen LogP contribution in [0, 0.1) is 17.2 Å². The van der Waals surface area contributed by atoms with Gasteiger partial charge in [0.25, 0.3) is 0 Å². The Bertz CT molecular complexity index is 750. The largest absolute Gasteiger partial charge is 0.480 e. The van der Waals surface area contributed by atoms with E-state index in [1.807, 2.05) is 6.07 Å². The number of amides is 1. The van der Waals surface area contributed by atoms with Gasteiger partial charge < -0.3 is 15.0 Å². The van der Waals surface area contributed by atoms with Gasteiger partial charge in [-0.2, -0.15) is 5.26 Å². The molecule has 150 valence electrons. The SMILES string of the molecule is COc1nccc(N2CCC(N3CCC[C@H](C(=O)NC4CC4)C3)CC2)c1C#N. The summed E-state index contributed by atoms with van der Waals surface area (Å²) in [5.74, 6) is 0.789. The number of likely N-dealkylation sites (tertiary alicyclic amines) is 1. The zero-order valence-electron chi connectivity index (χ0n) is 16.6. The van der Waals surface area contributed by atoms with Gasteiger partial charge in [-0.25, -0.2) is 4.98 Å². The second-order valence-corrected chi connectivity index (χ2v) is 8.16. The van der Waals surface area contributed by atoms with Crippen molar-refractivity contribution in [1.29, 1.82) is 5.26 Å². The minimum atomic E-state index is 0.141. The van der Waals surface area contributed by atoms with Gasteiger partial charge >= 0.3 is 0 Å². The fourth-order valence-corrected chi connectivity index (χ4v) is 4.53. The number of nitrogens with zero attached hydrogens (tertiary/aromatic N) is 4. The fourth-order valence-electron chi connectivity index (χ4n) is 4.53. The van der Waals surface area contributed by atoms with Crippen LogP contribution in [0.1, 0.15) is 44.1 Å². The molecule has 3 heterocycles. The third-order valence-electron chi connectivity index (χ3n) is 6.27. The van der Waals surface area contributed by atoms with Crippen molar-refractivity contribution in [2.24, 2.45) is 5.92 Å². The monoisotopic (exact) mass is 383 g/mol. The summed E-state index contributed by atoms with van der Waals surface area (Å²) in [4.78, 5) is 21.4. The number of pyridine rings is 1. The average molecular weight is 383 g/mol. The Morgan fingerprint density at radius 2 is 2.04 bits per heavy atom. The van der Waals surface area contributed by atoms with Crippen molar-refractivity contribution < 1.29 is 9.53 Å². The van der Waals surface area contributed by atoms with Crippen LogP contribution in [-0.2, 0) is 4.79 Å². The first-order chi connectivity index (χ1) is 13.7. The van der Waals surface area contributed by atoms with Crippen molar-refractivity contribution in [3.8, 4) is 11.9 Å². The Labute approximate surface area is 166 Å². The Balaban J connectivity index is 1.35. The maximum absolute atomic E-state index is 12.5. The Kier molecular flexibility index (Phi) is 5.67. The van der Waals surface area contributed by atoms with Crippen LogP contribution in [0.2, 0.25) is 0 Å². The predicted molar refractivity (Wildman–Crippen MR) is 106 cm³/mol. The van der Waals surface area contributed by atoms with Gasteiger partial charge in [0.2, 0.25) is 11.8 Å². The van der Waals surface area contributed by atoms with Crippen LogP contribution >= 0.6 is 0 Å². The highest BCUT2D eigenvalue weighted by molar-refractivity contribution is 5.79. The number of methoxy groups -OCH3 is 1. The zero-order chi connectivity index (χ0) is 19.5. The molecule has 1 aliphatic carbocycles. The highest BCUT2D eigenvalue weighted by Crippen LogP contribution is 2.31. The van der Waals surface area contributed by atoms with E-state index in [9.17, 15) is 10.1 Å². The lowest BCUT2D eigenvalue weighted by Crippen LogP contribution is -2.51. The van der Waals surface area contributed by atoms with Crippen molar-refractivity contribution in [3.05, 3.63) is 17.8 Å². The average Bonchev–Trinajstić information content (AvgIpc) is 3.57. The summed E-state index contributed by atoms with van der Waals surface area (Å²) in [6, 6.07) is 5.10. The first-order valence-corrected chi connectivity index (χ1v) is 10.4. The molecule has 4 rings (SSSR count). The van der Waals surface area contributed by atoms with Gasteiger partial charge in [-0.15, -0.1) is 0 Å². The first kappa shape index (κ1) is 19.0. The van der Waals surface area contributed by atoms with Gasteiger partial charge in [0.15, 0.2) is 0 Å². The quantitative estimate of drug-likeness (QED) is 0.837. The van der Waals surface area contributed by atoms with Crippen LogP contribution in [-0.4, -0.2) is 61.2 Å². The van der Waals surface area contributed by atoms with Gasteiger partial charge in [-0.3, -0.25) is 9.69 Å². The molecule has 1 aromatic heterocycles. The molecular weight excluding hydrogens is 354 g/mol. The van der Waals surface area contributed by atoms with Crippen molar-refractivity contribution in [2.45, 2.75) is 50.6 Å². The van der Waals surface area contributed by atoms with E-state index in [2.05, 4.69) is 26.2 Å². The first-order valence-electron chi connectivity index (χ1n) is 10.4. The normalized spacial score (nSPS) is 23.9. The van der Waals surface area contributed by atoms with Gasteiger partial charge in [0, 0.05) is 37.9 Å². The highest BCUT2D eigenvalue weighted by Gasteiger charge is 2.34. The lowest BCUT2D eigenvalue weighted by Gasteiger charge is -2.42. The number of rotatable bonds is 5. The summed E-state index contributed by atoms with van der Waals surface area (Å²) < 4.78 is 5.24. The number of anilines is 1. The molecule has 1 atom stereocenters. The van der Waals surface area contributed by atoms with E-state index in [4.69, 9.17) is 4.74 Å². The maximum atomic E-state index is 12.5. The molecule has 0 aromatic carbocycles. The maximum Gasteiger partial charge on any atom is 0.233 e. The molecule has 1 aromatic rings. The second kappa shape index (κ2) is 8.36. The molecule has 7 heteroatoms. The van der Waals surface area contributed by atoms with Gasteiger partial charge in [-0.1, -0.05) is 0 Å². The number of nitrogens with one attached hydrogen (secondary N) is 1. The number of piperidine rings is 2. The molecular formula is C21H29N5O2. The summed E-state index contributed by atoms with van der Waals surface area (Å²) in [5, 5.41) is 12.7. The van der Waals surface area contributed by atoms with E-state index in [1.165, 1.54) is 0 Å². The van der Waals surface area contributed by atoms with Crippen LogP contribution in [0.4, 0.5) is 5.69 Å². The molecule has 28 heavy (non-hydrogen) atoms. The molecule has 7 nitrogen and oxygen atoms in total. The molecule has 0 radical (unpaired) electrons. The van der Waals surface area contributed by atoms with E-state index in [1.54, 1.807) is 13.3 Å². The summed E-state index contributed by atoms with van der Waals surface area (Å²) in [5.41, 5.74) is 1.42. The van der Waals surface area contributed by atoms with Crippen LogP contribution in [0.25, 0.3) is 0 Å². The fraction of sp³-hybridized carbons (Fsp3) is 0.667.